The number of hydrogen-bond acceptors (Lipinski definition) is 2. The number of amides is 1. The van der Waals surface area contributed by atoms with Crippen LogP contribution < -0.4 is 0 Å². The minimum absolute atomic E-state index is 0.0337. The lowest BCUT2D eigenvalue weighted by Crippen LogP contribution is -2.42. The number of aryl methyl sites for hydroxylation is 1. The summed E-state index contributed by atoms with van der Waals surface area (Å²) >= 11 is 0. The third-order valence-corrected chi connectivity index (χ3v) is 5.57. The molecule has 0 atom stereocenters. The van der Waals surface area contributed by atoms with Crippen LogP contribution in [0.1, 0.15) is 41.4 Å². The third kappa shape index (κ3) is 4.29. The average molecular weight is 437 g/mol. The van der Waals surface area contributed by atoms with Gasteiger partial charge in [-0.25, -0.2) is 8.78 Å². The van der Waals surface area contributed by atoms with Crippen LogP contribution in [0, 0.1) is 0 Å². The largest absolute Gasteiger partial charge is 0.460 e. The number of fused-ring (bicyclic) bond motifs is 1. The van der Waals surface area contributed by atoms with Gasteiger partial charge in [-0.15, -0.1) is 0 Å². The van der Waals surface area contributed by atoms with Gasteiger partial charge in [0.1, 0.15) is 11.3 Å². The van der Waals surface area contributed by atoms with Crippen molar-refractivity contribution in [1.82, 2.24) is 4.90 Å². The maximum absolute atomic E-state index is 13.4. The number of furan rings is 1. The molecule has 0 unspecified atom stereocenters. The van der Waals surface area contributed by atoms with Crippen LogP contribution in [-0.2, 0) is 12.6 Å². The maximum atomic E-state index is 13.4. The molecule has 1 aliphatic heterocycles. The SMILES string of the molecule is CCc1cc2cc(C(F)(F)F)cc(-c3ccc(C(=O)N4CCC(F)(F)CC4)cc3)c2o1. The van der Waals surface area contributed by atoms with Crippen LogP contribution in [0.5, 0.6) is 0 Å². The molecule has 1 aromatic heterocycles. The molecule has 0 N–H and O–H groups in total. The Hall–Kier alpha value is -2.90. The molecule has 0 spiro atoms. The van der Waals surface area contributed by atoms with Crippen molar-refractivity contribution in [2.24, 2.45) is 0 Å². The number of rotatable bonds is 3. The van der Waals surface area contributed by atoms with E-state index in [9.17, 15) is 26.7 Å². The van der Waals surface area contributed by atoms with Gasteiger partial charge in [-0.2, -0.15) is 13.2 Å². The molecule has 164 valence electrons. The first-order valence-electron chi connectivity index (χ1n) is 9.98. The summed E-state index contributed by atoms with van der Waals surface area (Å²) in [6.45, 7) is 1.78. The fourth-order valence-corrected chi connectivity index (χ4v) is 3.77. The Morgan fingerprint density at radius 2 is 1.71 bits per heavy atom. The molecule has 3 nitrogen and oxygen atoms in total. The fourth-order valence-electron chi connectivity index (χ4n) is 3.77. The first-order valence-corrected chi connectivity index (χ1v) is 9.98. The van der Waals surface area contributed by atoms with E-state index in [4.69, 9.17) is 4.42 Å². The van der Waals surface area contributed by atoms with Crippen molar-refractivity contribution < 1.29 is 31.2 Å². The normalized spacial score (nSPS) is 16.6. The molecule has 0 saturated carbocycles. The number of carbonyl (C=O) groups excluding carboxylic acids is 1. The molecule has 8 heteroatoms. The van der Waals surface area contributed by atoms with Gasteiger partial charge in [0.05, 0.1) is 5.56 Å². The van der Waals surface area contributed by atoms with E-state index in [1.807, 2.05) is 6.92 Å². The number of likely N-dealkylation sites (tertiary alicyclic amines) is 1. The number of nitrogens with zero attached hydrogens (tertiary/aromatic N) is 1. The number of hydrogen-bond donors (Lipinski definition) is 0. The number of piperidine rings is 1. The van der Waals surface area contributed by atoms with Gasteiger partial charge in [0, 0.05) is 48.9 Å². The zero-order valence-corrected chi connectivity index (χ0v) is 16.7. The van der Waals surface area contributed by atoms with Crippen molar-refractivity contribution >= 4 is 16.9 Å². The van der Waals surface area contributed by atoms with Crippen LogP contribution in [0.15, 0.2) is 46.9 Å². The Morgan fingerprint density at radius 3 is 2.29 bits per heavy atom. The lowest BCUT2D eigenvalue weighted by molar-refractivity contribution is -0.137. The van der Waals surface area contributed by atoms with Crippen molar-refractivity contribution in [2.75, 3.05) is 13.1 Å². The monoisotopic (exact) mass is 437 g/mol. The Kier molecular flexibility index (Phi) is 5.27. The van der Waals surface area contributed by atoms with Crippen LogP contribution in [0.3, 0.4) is 0 Å². The number of halogens is 5. The summed E-state index contributed by atoms with van der Waals surface area (Å²) in [4.78, 5) is 14.0. The first-order chi connectivity index (χ1) is 14.6. The molecular formula is C23H20F5NO2. The van der Waals surface area contributed by atoms with Crippen molar-refractivity contribution in [3.63, 3.8) is 0 Å². The van der Waals surface area contributed by atoms with Crippen LogP contribution in [-0.4, -0.2) is 29.8 Å². The topological polar surface area (TPSA) is 33.5 Å². The summed E-state index contributed by atoms with van der Waals surface area (Å²) in [5.74, 6) is -2.55. The maximum Gasteiger partial charge on any atom is 0.416 e. The molecule has 1 fully saturated rings. The average Bonchev–Trinajstić information content (AvgIpc) is 3.15. The second-order valence-corrected chi connectivity index (χ2v) is 7.73. The molecule has 1 saturated heterocycles. The van der Waals surface area contributed by atoms with E-state index in [1.165, 1.54) is 17.0 Å². The van der Waals surface area contributed by atoms with Crippen molar-refractivity contribution in [1.29, 1.82) is 0 Å². The molecular weight excluding hydrogens is 417 g/mol. The third-order valence-electron chi connectivity index (χ3n) is 5.57. The second-order valence-electron chi connectivity index (χ2n) is 7.73. The van der Waals surface area contributed by atoms with Gasteiger partial charge < -0.3 is 9.32 Å². The standard InChI is InChI=1S/C23H20F5NO2/c1-2-18-12-16-11-17(23(26,27)28)13-19(20(16)31-18)14-3-5-15(6-4-14)21(30)29-9-7-22(24,25)8-10-29/h3-6,11-13H,2,7-10H2,1H3. The number of benzene rings is 2. The molecule has 3 aromatic rings. The molecule has 1 amide bonds. The summed E-state index contributed by atoms with van der Waals surface area (Å²) in [6.07, 6.45) is -4.73. The molecule has 4 rings (SSSR count). The predicted octanol–water partition coefficient (Wildman–Crippen LogP) is 6.55. The summed E-state index contributed by atoms with van der Waals surface area (Å²) in [5, 5.41) is 0.357. The van der Waals surface area contributed by atoms with E-state index in [1.54, 1.807) is 18.2 Å². The molecule has 2 aromatic carbocycles. The van der Waals surface area contributed by atoms with Gasteiger partial charge in [0.15, 0.2) is 0 Å². The van der Waals surface area contributed by atoms with Crippen LogP contribution in [0.2, 0.25) is 0 Å². The van der Waals surface area contributed by atoms with Gasteiger partial charge in [-0.1, -0.05) is 19.1 Å². The quantitative estimate of drug-likeness (QED) is 0.435. The van der Waals surface area contributed by atoms with Crippen LogP contribution >= 0.6 is 0 Å². The second kappa shape index (κ2) is 7.66. The molecule has 1 aliphatic rings. The van der Waals surface area contributed by atoms with E-state index < -0.39 is 17.7 Å². The van der Waals surface area contributed by atoms with Gasteiger partial charge in [0.25, 0.3) is 11.8 Å². The summed E-state index contributed by atoms with van der Waals surface area (Å²) < 4.78 is 72.6. The lowest BCUT2D eigenvalue weighted by Gasteiger charge is -2.31. The highest BCUT2D eigenvalue weighted by Gasteiger charge is 2.36. The number of alkyl halides is 5. The highest BCUT2D eigenvalue weighted by molar-refractivity contribution is 5.97. The van der Waals surface area contributed by atoms with E-state index in [0.717, 1.165) is 12.1 Å². The van der Waals surface area contributed by atoms with Crippen molar-refractivity contribution in [3.8, 4) is 11.1 Å². The first kappa shape index (κ1) is 21.3. The van der Waals surface area contributed by atoms with Gasteiger partial charge in [-0.3, -0.25) is 4.79 Å². The van der Waals surface area contributed by atoms with E-state index >= 15 is 0 Å². The van der Waals surface area contributed by atoms with E-state index in [0.29, 0.717) is 34.3 Å². The minimum atomic E-state index is -4.52. The van der Waals surface area contributed by atoms with Crippen molar-refractivity contribution in [2.45, 2.75) is 38.3 Å². The summed E-state index contributed by atoms with van der Waals surface area (Å²) in [7, 11) is 0. The van der Waals surface area contributed by atoms with Gasteiger partial charge in [0.2, 0.25) is 0 Å². The van der Waals surface area contributed by atoms with Gasteiger partial charge in [-0.05, 0) is 35.9 Å². The van der Waals surface area contributed by atoms with E-state index in [-0.39, 0.29) is 37.4 Å². The zero-order chi connectivity index (χ0) is 22.4. The fraction of sp³-hybridized carbons (Fsp3) is 0.348. The highest BCUT2D eigenvalue weighted by Crippen LogP contribution is 2.38. The molecule has 0 radical (unpaired) electrons. The summed E-state index contributed by atoms with van der Waals surface area (Å²) in [6, 6.07) is 9.79. The minimum Gasteiger partial charge on any atom is -0.460 e. The smallest absolute Gasteiger partial charge is 0.416 e. The Morgan fingerprint density at radius 1 is 1.06 bits per heavy atom. The predicted molar refractivity (Wildman–Crippen MR) is 106 cm³/mol. The molecule has 31 heavy (non-hydrogen) atoms. The highest BCUT2D eigenvalue weighted by atomic mass is 19.4. The Labute approximate surface area is 175 Å². The molecule has 2 heterocycles. The zero-order valence-electron chi connectivity index (χ0n) is 16.7. The Balaban J connectivity index is 1.67. The van der Waals surface area contributed by atoms with Crippen LogP contribution in [0.4, 0.5) is 22.0 Å². The molecule has 0 bridgehead atoms. The van der Waals surface area contributed by atoms with E-state index in [2.05, 4.69) is 0 Å². The van der Waals surface area contributed by atoms with Crippen LogP contribution in [0.25, 0.3) is 22.1 Å². The molecule has 0 aliphatic carbocycles. The van der Waals surface area contributed by atoms with Gasteiger partial charge >= 0.3 is 6.18 Å². The van der Waals surface area contributed by atoms with Crippen molar-refractivity contribution in [3.05, 3.63) is 59.4 Å². The number of carbonyl (C=O) groups is 1. The summed E-state index contributed by atoms with van der Waals surface area (Å²) in [5.41, 5.74) is 0.608. The Bertz CT molecular complexity index is 1110. The lowest BCUT2D eigenvalue weighted by atomic mass is 9.98.